The van der Waals surface area contributed by atoms with E-state index in [2.05, 4.69) is 17.0 Å². The lowest BCUT2D eigenvalue weighted by atomic mass is 10.1. The van der Waals surface area contributed by atoms with Crippen molar-refractivity contribution in [3.8, 4) is 11.5 Å². The van der Waals surface area contributed by atoms with Gasteiger partial charge in [0.25, 0.3) is 0 Å². The lowest BCUT2D eigenvalue weighted by Gasteiger charge is -2.24. The summed E-state index contributed by atoms with van der Waals surface area (Å²) in [6.07, 6.45) is 1.61. The molecular formula is C17H16Cl2N2O2. The van der Waals surface area contributed by atoms with Crippen LogP contribution < -0.4 is 0 Å². The van der Waals surface area contributed by atoms with Gasteiger partial charge in [0, 0.05) is 28.7 Å². The zero-order chi connectivity index (χ0) is 16.4. The third kappa shape index (κ3) is 3.61. The molecule has 0 aliphatic carbocycles. The van der Waals surface area contributed by atoms with E-state index >= 15 is 0 Å². The number of nitrogens with zero attached hydrogens (tertiary/aromatic N) is 2. The van der Waals surface area contributed by atoms with Crippen LogP contribution in [0.1, 0.15) is 24.2 Å². The van der Waals surface area contributed by atoms with Crippen LogP contribution in [0.3, 0.4) is 0 Å². The first-order valence-corrected chi connectivity index (χ1v) is 7.95. The molecule has 1 aromatic carbocycles. The molecule has 0 N–H and O–H groups in total. The molecule has 0 aliphatic rings. The largest absolute Gasteiger partial charge is 0.461 e. The first-order chi connectivity index (χ1) is 11.0. The lowest BCUT2D eigenvalue weighted by Crippen LogP contribution is -2.22. The molecule has 120 valence electrons. The average molecular weight is 351 g/mol. The molecule has 1 atom stereocenters. The van der Waals surface area contributed by atoms with Gasteiger partial charge in [-0.3, -0.25) is 4.90 Å². The number of halogens is 2. The van der Waals surface area contributed by atoms with Crippen molar-refractivity contribution in [1.82, 2.24) is 10.1 Å². The Morgan fingerprint density at radius 1 is 1.17 bits per heavy atom. The minimum atomic E-state index is 0.114. The molecule has 6 heteroatoms. The molecule has 2 heterocycles. The summed E-state index contributed by atoms with van der Waals surface area (Å²) in [6.45, 7) is 2.72. The van der Waals surface area contributed by atoms with E-state index in [1.165, 1.54) is 0 Å². The number of hydrogen-bond acceptors (Lipinski definition) is 4. The summed E-state index contributed by atoms with van der Waals surface area (Å²) >= 11 is 12.2. The van der Waals surface area contributed by atoms with Crippen LogP contribution in [0.25, 0.3) is 11.5 Å². The normalized spacial score (nSPS) is 12.7. The highest BCUT2D eigenvalue weighted by atomic mass is 35.5. The second-order valence-electron chi connectivity index (χ2n) is 5.42. The molecule has 3 rings (SSSR count). The van der Waals surface area contributed by atoms with Crippen LogP contribution in [0, 0.1) is 0 Å². The van der Waals surface area contributed by atoms with Gasteiger partial charge in [-0.25, -0.2) is 0 Å². The number of hydrogen-bond donors (Lipinski definition) is 0. The van der Waals surface area contributed by atoms with Crippen LogP contribution in [0.2, 0.25) is 10.0 Å². The van der Waals surface area contributed by atoms with Gasteiger partial charge in [0.1, 0.15) is 0 Å². The van der Waals surface area contributed by atoms with Gasteiger partial charge in [0.15, 0.2) is 5.76 Å². The minimum Gasteiger partial charge on any atom is -0.461 e. The van der Waals surface area contributed by atoms with E-state index in [0.29, 0.717) is 28.1 Å². The smallest absolute Gasteiger partial charge is 0.202 e. The first-order valence-electron chi connectivity index (χ1n) is 7.19. The van der Waals surface area contributed by atoms with Gasteiger partial charge in [0.2, 0.25) is 5.76 Å². The second kappa shape index (κ2) is 6.79. The summed E-state index contributed by atoms with van der Waals surface area (Å²) in [5, 5.41) is 5.39. The number of furan rings is 1. The number of aromatic nitrogens is 1. The molecule has 0 unspecified atom stereocenters. The van der Waals surface area contributed by atoms with E-state index in [0.717, 1.165) is 11.3 Å². The van der Waals surface area contributed by atoms with E-state index < -0.39 is 0 Å². The third-order valence-corrected chi connectivity index (χ3v) is 4.37. The van der Waals surface area contributed by atoms with Gasteiger partial charge in [-0.15, -0.1) is 0 Å². The summed E-state index contributed by atoms with van der Waals surface area (Å²) in [5.41, 5.74) is 1.85. The molecule has 0 saturated heterocycles. The summed E-state index contributed by atoms with van der Waals surface area (Å²) in [6, 6.07) is 11.2. The Bertz CT molecular complexity index is 784. The lowest BCUT2D eigenvalue weighted by molar-refractivity contribution is 0.245. The molecule has 0 spiro atoms. The summed E-state index contributed by atoms with van der Waals surface area (Å²) in [4.78, 5) is 2.14. The predicted octanol–water partition coefficient (Wildman–Crippen LogP) is 5.43. The van der Waals surface area contributed by atoms with E-state index in [4.69, 9.17) is 32.1 Å². The molecular weight excluding hydrogens is 335 g/mol. The van der Waals surface area contributed by atoms with Gasteiger partial charge in [-0.1, -0.05) is 34.4 Å². The Morgan fingerprint density at radius 2 is 2.00 bits per heavy atom. The van der Waals surface area contributed by atoms with Crippen LogP contribution in [-0.4, -0.2) is 17.1 Å². The fourth-order valence-corrected chi connectivity index (χ4v) is 2.96. The van der Waals surface area contributed by atoms with Crippen molar-refractivity contribution in [2.45, 2.75) is 19.5 Å². The summed E-state index contributed by atoms with van der Waals surface area (Å²) in [7, 11) is 2.01. The van der Waals surface area contributed by atoms with Gasteiger partial charge in [0.05, 0.1) is 12.0 Å². The Morgan fingerprint density at radius 3 is 2.70 bits per heavy atom. The average Bonchev–Trinajstić information content (AvgIpc) is 3.17. The van der Waals surface area contributed by atoms with Gasteiger partial charge in [-0.2, -0.15) is 0 Å². The first kappa shape index (κ1) is 16.1. The van der Waals surface area contributed by atoms with Crippen LogP contribution in [0.4, 0.5) is 0 Å². The number of rotatable bonds is 5. The van der Waals surface area contributed by atoms with Gasteiger partial charge < -0.3 is 8.94 Å². The second-order valence-corrected chi connectivity index (χ2v) is 6.26. The molecule has 3 aromatic rings. The van der Waals surface area contributed by atoms with Crippen molar-refractivity contribution >= 4 is 23.2 Å². The molecule has 0 amide bonds. The zero-order valence-electron chi connectivity index (χ0n) is 12.8. The fourth-order valence-electron chi connectivity index (χ4n) is 2.39. The quantitative estimate of drug-likeness (QED) is 0.614. The molecule has 0 radical (unpaired) electrons. The summed E-state index contributed by atoms with van der Waals surface area (Å²) in [5.74, 6) is 1.29. The number of benzene rings is 1. The van der Waals surface area contributed by atoms with Crippen LogP contribution in [-0.2, 0) is 6.54 Å². The van der Waals surface area contributed by atoms with Crippen molar-refractivity contribution in [3.63, 3.8) is 0 Å². The Balaban J connectivity index is 1.72. The summed E-state index contributed by atoms with van der Waals surface area (Å²) < 4.78 is 10.6. The maximum absolute atomic E-state index is 6.29. The fraction of sp³-hybridized carbons (Fsp3) is 0.235. The molecule has 0 bridgehead atoms. The molecule has 4 nitrogen and oxygen atoms in total. The van der Waals surface area contributed by atoms with Crippen molar-refractivity contribution in [3.05, 3.63) is 64.0 Å². The van der Waals surface area contributed by atoms with E-state index in [-0.39, 0.29) is 6.04 Å². The Kier molecular flexibility index (Phi) is 4.76. The topological polar surface area (TPSA) is 42.4 Å². The van der Waals surface area contributed by atoms with Crippen molar-refractivity contribution < 1.29 is 8.94 Å². The molecule has 0 fully saturated rings. The predicted molar refractivity (Wildman–Crippen MR) is 90.5 cm³/mol. The van der Waals surface area contributed by atoms with Crippen molar-refractivity contribution in [1.29, 1.82) is 0 Å². The van der Waals surface area contributed by atoms with Crippen LogP contribution >= 0.6 is 23.2 Å². The van der Waals surface area contributed by atoms with E-state index in [1.54, 1.807) is 12.3 Å². The maximum atomic E-state index is 6.29. The Labute approximate surface area is 144 Å². The highest BCUT2D eigenvalue weighted by Gasteiger charge is 2.17. The standard InChI is InChI=1S/C17H16Cl2N2O2/c1-11(14-6-5-12(18)8-15(14)19)21(2)10-13-9-17(23-20-13)16-4-3-7-22-16/h3-9,11H,10H2,1-2H3/t11-/m0/s1. The molecule has 2 aromatic heterocycles. The highest BCUT2D eigenvalue weighted by molar-refractivity contribution is 6.35. The van der Waals surface area contributed by atoms with E-state index in [1.807, 2.05) is 37.4 Å². The zero-order valence-corrected chi connectivity index (χ0v) is 14.3. The monoisotopic (exact) mass is 350 g/mol. The molecule has 0 aliphatic heterocycles. The highest BCUT2D eigenvalue weighted by Crippen LogP contribution is 2.30. The van der Waals surface area contributed by atoms with Gasteiger partial charge in [-0.05, 0) is 43.8 Å². The van der Waals surface area contributed by atoms with E-state index in [9.17, 15) is 0 Å². The molecule has 23 heavy (non-hydrogen) atoms. The van der Waals surface area contributed by atoms with Gasteiger partial charge >= 0.3 is 0 Å². The van der Waals surface area contributed by atoms with Crippen LogP contribution in [0.5, 0.6) is 0 Å². The SMILES string of the molecule is C[C@@H](c1ccc(Cl)cc1Cl)N(C)Cc1cc(-c2ccco2)on1. The van der Waals surface area contributed by atoms with Crippen LogP contribution in [0.15, 0.2) is 51.6 Å². The van der Waals surface area contributed by atoms with Crippen molar-refractivity contribution in [2.24, 2.45) is 0 Å². The third-order valence-electron chi connectivity index (χ3n) is 3.81. The maximum Gasteiger partial charge on any atom is 0.202 e. The Hall–Kier alpha value is -1.75. The minimum absolute atomic E-state index is 0.114. The van der Waals surface area contributed by atoms with Crippen molar-refractivity contribution in [2.75, 3.05) is 7.05 Å². The molecule has 0 saturated carbocycles.